The summed E-state index contributed by atoms with van der Waals surface area (Å²) in [6.07, 6.45) is 1.67. The first-order chi connectivity index (χ1) is 5.85. The zero-order valence-corrected chi connectivity index (χ0v) is 9.33. The highest BCUT2D eigenvalue weighted by atomic mass is 16.5. The second-order valence-electron chi connectivity index (χ2n) is 4.75. The Morgan fingerprint density at radius 3 is 2.23 bits per heavy atom. The Labute approximate surface area is 80.8 Å². The molecule has 3 nitrogen and oxygen atoms in total. The molecule has 3 heteroatoms. The molecule has 2 unspecified atom stereocenters. The topological polar surface area (TPSA) is 38.7 Å². The van der Waals surface area contributed by atoms with E-state index in [0.29, 0.717) is 5.41 Å². The molecule has 13 heavy (non-hydrogen) atoms. The van der Waals surface area contributed by atoms with Gasteiger partial charge in [-0.3, -0.25) is 0 Å². The average Bonchev–Trinajstić information content (AvgIpc) is 1.99. The molecule has 0 saturated carbocycles. The monoisotopic (exact) mass is 187 g/mol. The molecule has 0 aromatic carbocycles. The van der Waals surface area contributed by atoms with Crippen LogP contribution in [0.3, 0.4) is 0 Å². The summed E-state index contributed by atoms with van der Waals surface area (Å²) in [4.78, 5) is 10.1. The fraction of sp³-hybridized carbons (Fsp3) is 1.00. The molecule has 0 aliphatic heterocycles. The Kier molecular flexibility index (Phi) is 5.14. The summed E-state index contributed by atoms with van der Waals surface area (Å²) in [6.45, 7) is 10.2. The van der Waals surface area contributed by atoms with Crippen molar-refractivity contribution < 1.29 is 4.74 Å². The van der Waals surface area contributed by atoms with Crippen LogP contribution in [0.5, 0.6) is 0 Å². The van der Waals surface area contributed by atoms with E-state index in [2.05, 4.69) is 25.9 Å². The van der Waals surface area contributed by atoms with E-state index in [9.17, 15) is 4.91 Å². The van der Waals surface area contributed by atoms with Crippen molar-refractivity contribution in [2.24, 2.45) is 10.6 Å². The van der Waals surface area contributed by atoms with Gasteiger partial charge in [0.1, 0.15) is 0 Å². The molecule has 0 aliphatic rings. The Bertz CT molecular complexity index is 151. The van der Waals surface area contributed by atoms with E-state index in [-0.39, 0.29) is 6.10 Å². The van der Waals surface area contributed by atoms with Gasteiger partial charge in [0.2, 0.25) is 0 Å². The van der Waals surface area contributed by atoms with Crippen LogP contribution in [0, 0.1) is 10.3 Å². The fourth-order valence-electron chi connectivity index (χ4n) is 1.07. The lowest BCUT2D eigenvalue weighted by molar-refractivity contribution is 0.00302. The van der Waals surface area contributed by atoms with Crippen LogP contribution in [-0.2, 0) is 4.74 Å². The number of nitroso groups, excluding NO2 is 1. The molecule has 0 saturated heterocycles. The predicted molar refractivity (Wildman–Crippen MR) is 54.5 cm³/mol. The summed E-state index contributed by atoms with van der Waals surface area (Å²) >= 11 is 0. The van der Waals surface area contributed by atoms with Crippen molar-refractivity contribution in [2.45, 2.75) is 59.8 Å². The number of nitrogens with zero attached hydrogens (tertiary/aromatic N) is 1. The van der Waals surface area contributed by atoms with E-state index >= 15 is 0 Å². The van der Waals surface area contributed by atoms with Crippen LogP contribution in [0.4, 0.5) is 0 Å². The van der Waals surface area contributed by atoms with Gasteiger partial charge in [-0.15, -0.1) is 4.91 Å². The van der Waals surface area contributed by atoms with Gasteiger partial charge < -0.3 is 4.74 Å². The van der Waals surface area contributed by atoms with Crippen LogP contribution in [-0.4, -0.2) is 12.3 Å². The lowest BCUT2D eigenvalue weighted by Gasteiger charge is -2.21. The maximum Gasteiger partial charge on any atom is 0.187 e. The zero-order valence-electron chi connectivity index (χ0n) is 9.33. The van der Waals surface area contributed by atoms with Crippen LogP contribution >= 0.6 is 0 Å². The largest absolute Gasteiger partial charge is 0.350 e. The molecule has 0 heterocycles. The molecular weight excluding hydrogens is 166 g/mol. The maximum absolute atomic E-state index is 10.1. The molecule has 78 valence electrons. The molecule has 0 rings (SSSR count). The molecular formula is C10H21NO2. The minimum atomic E-state index is -0.519. The smallest absolute Gasteiger partial charge is 0.187 e. The molecule has 0 aromatic rings. The van der Waals surface area contributed by atoms with E-state index < -0.39 is 6.23 Å². The van der Waals surface area contributed by atoms with Crippen LogP contribution in [0.25, 0.3) is 0 Å². The minimum Gasteiger partial charge on any atom is -0.350 e. The van der Waals surface area contributed by atoms with E-state index in [1.165, 1.54) is 0 Å². The van der Waals surface area contributed by atoms with Gasteiger partial charge >= 0.3 is 0 Å². The lowest BCUT2D eigenvalue weighted by atomic mass is 9.89. The number of rotatable bonds is 5. The summed E-state index contributed by atoms with van der Waals surface area (Å²) in [5.41, 5.74) is 0.329. The fourth-order valence-corrected chi connectivity index (χ4v) is 1.07. The SMILES string of the molecule is CC(CCC(C)(C)C)OC(C)N=O. The highest BCUT2D eigenvalue weighted by molar-refractivity contribution is 4.64. The van der Waals surface area contributed by atoms with Crippen LogP contribution in [0.1, 0.15) is 47.5 Å². The van der Waals surface area contributed by atoms with Crippen molar-refractivity contribution in [3.05, 3.63) is 4.91 Å². The van der Waals surface area contributed by atoms with Gasteiger partial charge in [0.05, 0.1) is 6.10 Å². The maximum atomic E-state index is 10.1. The third-order valence-corrected chi connectivity index (χ3v) is 1.88. The average molecular weight is 187 g/mol. The van der Waals surface area contributed by atoms with Gasteiger partial charge in [0.25, 0.3) is 0 Å². The normalized spacial score (nSPS) is 16.7. The van der Waals surface area contributed by atoms with Crippen molar-refractivity contribution >= 4 is 0 Å². The van der Waals surface area contributed by atoms with E-state index in [4.69, 9.17) is 4.74 Å². The first-order valence-corrected chi connectivity index (χ1v) is 4.83. The van der Waals surface area contributed by atoms with Crippen molar-refractivity contribution in [1.82, 2.24) is 0 Å². The molecule has 0 aliphatic carbocycles. The summed E-state index contributed by atoms with van der Waals surface area (Å²) in [5, 5.41) is 2.80. The summed E-state index contributed by atoms with van der Waals surface area (Å²) in [5.74, 6) is 0. The molecule has 0 spiro atoms. The number of hydrogen-bond donors (Lipinski definition) is 0. The Morgan fingerprint density at radius 2 is 1.85 bits per heavy atom. The van der Waals surface area contributed by atoms with Gasteiger partial charge in [-0.2, -0.15) is 0 Å². The first-order valence-electron chi connectivity index (χ1n) is 4.83. The highest BCUT2D eigenvalue weighted by Gasteiger charge is 2.14. The van der Waals surface area contributed by atoms with Crippen molar-refractivity contribution in [3.8, 4) is 0 Å². The summed E-state index contributed by atoms with van der Waals surface area (Å²) in [6, 6.07) is 0. The van der Waals surface area contributed by atoms with Gasteiger partial charge in [-0.1, -0.05) is 20.8 Å². The standard InChI is InChI=1S/C10H21NO2/c1-8(13-9(2)11-12)6-7-10(3,4)5/h8-9H,6-7H2,1-5H3. The van der Waals surface area contributed by atoms with Gasteiger partial charge in [0, 0.05) is 0 Å². The third kappa shape index (κ3) is 7.91. The lowest BCUT2D eigenvalue weighted by Crippen LogP contribution is -2.17. The quantitative estimate of drug-likeness (QED) is 0.619. The van der Waals surface area contributed by atoms with E-state index in [0.717, 1.165) is 12.8 Å². The minimum absolute atomic E-state index is 0.118. The third-order valence-electron chi connectivity index (χ3n) is 1.88. The van der Waals surface area contributed by atoms with Crippen LogP contribution in [0.15, 0.2) is 5.18 Å². The number of hydrogen-bond acceptors (Lipinski definition) is 3. The van der Waals surface area contributed by atoms with Gasteiger partial charge in [-0.25, -0.2) is 0 Å². The molecule has 0 bridgehead atoms. The van der Waals surface area contributed by atoms with Crippen molar-refractivity contribution in [1.29, 1.82) is 0 Å². The van der Waals surface area contributed by atoms with Gasteiger partial charge in [-0.05, 0) is 37.3 Å². The summed E-state index contributed by atoms with van der Waals surface area (Å²) < 4.78 is 5.32. The van der Waals surface area contributed by atoms with E-state index in [1.807, 2.05) is 6.92 Å². The number of ether oxygens (including phenoxy) is 1. The zero-order chi connectivity index (χ0) is 10.5. The molecule has 0 radical (unpaired) electrons. The molecule has 0 amide bonds. The van der Waals surface area contributed by atoms with Crippen molar-refractivity contribution in [3.63, 3.8) is 0 Å². The second-order valence-corrected chi connectivity index (χ2v) is 4.75. The van der Waals surface area contributed by atoms with Crippen LogP contribution < -0.4 is 0 Å². The molecule has 0 aromatic heterocycles. The second kappa shape index (κ2) is 5.32. The Morgan fingerprint density at radius 1 is 1.31 bits per heavy atom. The Balaban J connectivity index is 3.63. The highest BCUT2D eigenvalue weighted by Crippen LogP contribution is 2.22. The van der Waals surface area contributed by atoms with E-state index in [1.54, 1.807) is 6.92 Å². The molecule has 0 fully saturated rings. The van der Waals surface area contributed by atoms with Crippen molar-refractivity contribution in [2.75, 3.05) is 0 Å². The van der Waals surface area contributed by atoms with Gasteiger partial charge in [0.15, 0.2) is 6.23 Å². The summed E-state index contributed by atoms with van der Waals surface area (Å²) in [7, 11) is 0. The predicted octanol–water partition coefficient (Wildman–Crippen LogP) is 3.33. The van der Waals surface area contributed by atoms with Crippen LogP contribution in [0.2, 0.25) is 0 Å². The first kappa shape index (κ1) is 12.6. The Hall–Kier alpha value is -0.440. The molecule has 0 N–H and O–H groups in total. The molecule has 2 atom stereocenters.